The average Bonchev–Trinajstić information content (AvgIpc) is 2.81. The number of hydrazine groups is 1. The molecule has 0 heterocycles. The molecule has 3 aromatic rings. The summed E-state index contributed by atoms with van der Waals surface area (Å²) < 4.78 is 0. The van der Waals surface area contributed by atoms with Crippen LogP contribution in [0.25, 0.3) is 0 Å². The van der Waals surface area contributed by atoms with Crippen LogP contribution in [0.2, 0.25) is 0 Å². The summed E-state index contributed by atoms with van der Waals surface area (Å²) in [5.74, 6) is -1.78. The van der Waals surface area contributed by atoms with E-state index in [1.807, 2.05) is 0 Å². The maximum absolute atomic E-state index is 13.0. The Morgan fingerprint density at radius 3 is 2.03 bits per heavy atom. The van der Waals surface area contributed by atoms with Gasteiger partial charge >= 0.3 is 0 Å². The highest BCUT2D eigenvalue weighted by Gasteiger charge is 2.22. The number of nitro benzene ring substituents is 1. The Morgan fingerprint density at radius 2 is 1.39 bits per heavy atom. The number of benzene rings is 3. The fourth-order valence-corrected chi connectivity index (χ4v) is 2.91. The SMILES string of the molecule is CNc1ccc(C(=O)c2ccccc2C(=O)NNC(=O)c2ccccc2)cc1[N+](=O)[O-]. The van der Waals surface area contributed by atoms with Crippen LogP contribution < -0.4 is 16.2 Å². The van der Waals surface area contributed by atoms with Gasteiger partial charge in [-0.2, -0.15) is 0 Å². The zero-order chi connectivity index (χ0) is 22.4. The number of nitrogens with zero attached hydrogens (tertiary/aromatic N) is 1. The zero-order valence-corrected chi connectivity index (χ0v) is 16.4. The number of carbonyl (C=O) groups is 3. The van der Waals surface area contributed by atoms with Crippen LogP contribution in [-0.2, 0) is 0 Å². The molecular formula is C22H18N4O5. The van der Waals surface area contributed by atoms with Gasteiger partial charge in [-0.25, -0.2) is 0 Å². The van der Waals surface area contributed by atoms with Gasteiger partial charge in [-0.05, 0) is 30.3 Å². The van der Waals surface area contributed by atoms with Crippen molar-refractivity contribution >= 4 is 29.0 Å². The molecular weight excluding hydrogens is 400 g/mol. The molecule has 3 N–H and O–H groups in total. The molecule has 0 spiro atoms. The van der Waals surface area contributed by atoms with E-state index in [1.54, 1.807) is 42.5 Å². The van der Waals surface area contributed by atoms with Gasteiger partial charge in [0.25, 0.3) is 17.5 Å². The molecule has 0 saturated carbocycles. The molecule has 9 heteroatoms. The largest absolute Gasteiger partial charge is 0.383 e. The number of ketones is 1. The van der Waals surface area contributed by atoms with Gasteiger partial charge in [0, 0.05) is 29.8 Å². The van der Waals surface area contributed by atoms with Crippen LogP contribution in [0.4, 0.5) is 11.4 Å². The van der Waals surface area contributed by atoms with Crippen molar-refractivity contribution in [3.8, 4) is 0 Å². The summed E-state index contributed by atoms with van der Waals surface area (Å²) in [6.07, 6.45) is 0. The minimum Gasteiger partial charge on any atom is -0.383 e. The number of nitro groups is 1. The van der Waals surface area contributed by atoms with Crippen molar-refractivity contribution in [1.82, 2.24) is 10.9 Å². The van der Waals surface area contributed by atoms with E-state index >= 15 is 0 Å². The highest BCUT2D eigenvalue weighted by atomic mass is 16.6. The summed E-state index contributed by atoms with van der Waals surface area (Å²) in [4.78, 5) is 48.4. The summed E-state index contributed by atoms with van der Waals surface area (Å²) >= 11 is 0. The molecule has 2 amide bonds. The van der Waals surface area contributed by atoms with E-state index in [2.05, 4.69) is 16.2 Å². The topological polar surface area (TPSA) is 130 Å². The van der Waals surface area contributed by atoms with Gasteiger partial charge in [-0.15, -0.1) is 0 Å². The van der Waals surface area contributed by atoms with Crippen LogP contribution in [-0.4, -0.2) is 29.6 Å². The van der Waals surface area contributed by atoms with Gasteiger partial charge in [0.1, 0.15) is 5.69 Å². The summed E-state index contributed by atoms with van der Waals surface area (Å²) in [5, 5.41) is 14.0. The number of hydrogen-bond acceptors (Lipinski definition) is 6. The van der Waals surface area contributed by atoms with Gasteiger partial charge in [0.2, 0.25) is 0 Å². The Balaban J connectivity index is 1.84. The molecule has 3 rings (SSSR count). The lowest BCUT2D eigenvalue weighted by molar-refractivity contribution is -0.384. The van der Waals surface area contributed by atoms with Crippen molar-refractivity contribution in [2.75, 3.05) is 12.4 Å². The Morgan fingerprint density at radius 1 is 0.774 bits per heavy atom. The minimum absolute atomic E-state index is 0.0150. The van der Waals surface area contributed by atoms with Crippen LogP contribution >= 0.6 is 0 Å². The first-order valence-electron chi connectivity index (χ1n) is 9.18. The normalized spacial score (nSPS) is 10.1. The quantitative estimate of drug-likeness (QED) is 0.321. The van der Waals surface area contributed by atoms with Crippen molar-refractivity contribution in [3.63, 3.8) is 0 Å². The van der Waals surface area contributed by atoms with E-state index < -0.39 is 22.5 Å². The Hall–Kier alpha value is -4.53. The van der Waals surface area contributed by atoms with Gasteiger partial charge in [0.15, 0.2) is 5.78 Å². The lowest BCUT2D eigenvalue weighted by Crippen LogP contribution is -2.42. The molecule has 9 nitrogen and oxygen atoms in total. The summed E-state index contributed by atoms with van der Waals surface area (Å²) in [6, 6.07) is 18.3. The van der Waals surface area contributed by atoms with Crippen molar-refractivity contribution in [2.45, 2.75) is 0 Å². The highest BCUT2D eigenvalue weighted by molar-refractivity contribution is 6.15. The summed E-state index contributed by atoms with van der Waals surface area (Å²) in [6.45, 7) is 0. The second-order valence-electron chi connectivity index (χ2n) is 6.39. The Kier molecular flexibility index (Phi) is 6.36. The average molecular weight is 418 g/mol. The number of nitrogens with one attached hydrogen (secondary N) is 3. The summed E-state index contributed by atoms with van der Waals surface area (Å²) in [7, 11) is 1.53. The van der Waals surface area contributed by atoms with Crippen molar-refractivity contribution in [3.05, 3.63) is 105 Å². The Bertz CT molecular complexity index is 1160. The number of rotatable bonds is 6. The first kappa shape index (κ1) is 21.2. The second kappa shape index (κ2) is 9.31. The molecule has 0 atom stereocenters. The lowest BCUT2D eigenvalue weighted by atomic mass is 9.97. The van der Waals surface area contributed by atoms with Gasteiger partial charge in [0.05, 0.1) is 10.5 Å². The molecule has 31 heavy (non-hydrogen) atoms. The summed E-state index contributed by atoms with van der Waals surface area (Å²) in [5.41, 5.74) is 5.04. The van der Waals surface area contributed by atoms with E-state index in [0.717, 1.165) is 6.07 Å². The Labute approximate surface area is 177 Å². The molecule has 0 aliphatic heterocycles. The first-order valence-corrected chi connectivity index (χ1v) is 9.18. The zero-order valence-electron chi connectivity index (χ0n) is 16.4. The van der Waals surface area contributed by atoms with E-state index in [0.29, 0.717) is 5.56 Å². The molecule has 0 unspecified atom stereocenters. The minimum atomic E-state index is -0.699. The maximum Gasteiger partial charge on any atom is 0.293 e. The van der Waals surface area contributed by atoms with Crippen LogP contribution in [0.3, 0.4) is 0 Å². The number of anilines is 1. The lowest BCUT2D eigenvalue weighted by Gasteiger charge is -2.11. The maximum atomic E-state index is 13.0. The smallest absolute Gasteiger partial charge is 0.293 e. The van der Waals surface area contributed by atoms with E-state index in [1.165, 1.54) is 31.3 Å². The molecule has 156 valence electrons. The van der Waals surface area contributed by atoms with Crippen molar-refractivity contribution in [2.24, 2.45) is 0 Å². The second-order valence-corrected chi connectivity index (χ2v) is 6.39. The molecule has 0 radical (unpaired) electrons. The predicted octanol–water partition coefficient (Wildman–Crippen LogP) is 2.94. The van der Waals surface area contributed by atoms with Crippen molar-refractivity contribution < 1.29 is 19.3 Å². The third-order valence-corrected chi connectivity index (χ3v) is 4.47. The van der Waals surface area contributed by atoms with Crippen LogP contribution in [0.5, 0.6) is 0 Å². The molecule has 0 bridgehead atoms. The van der Waals surface area contributed by atoms with Crippen LogP contribution in [0.15, 0.2) is 72.8 Å². The molecule has 0 aliphatic rings. The standard InChI is InChI=1S/C22H18N4O5/c1-23-18-12-11-15(13-19(18)26(30)31)20(27)16-9-5-6-10-17(16)22(29)25-24-21(28)14-7-3-2-4-8-14/h2-13,23H,1H3,(H,24,28)(H,25,29). The van der Waals surface area contributed by atoms with Crippen molar-refractivity contribution in [1.29, 1.82) is 0 Å². The molecule has 0 saturated heterocycles. The first-order chi connectivity index (χ1) is 14.9. The highest BCUT2D eigenvalue weighted by Crippen LogP contribution is 2.26. The van der Waals surface area contributed by atoms with Gasteiger partial charge in [-0.3, -0.25) is 35.3 Å². The third-order valence-electron chi connectivity index (χ3n) is 4.47. The number of amides is 2. The van der Waals surface area contributed by atoms with E-state index in [4.69, 9.17) is 0 Å². The van der Waals surface area contributed by atoms with Crippen LogP contribution in [0.1, 0.15) is 36.6 Å². The molecule has 0 fully saturated rings. The molecule has 0 aliphatic carbocycles. The number of carbonyl (C=O) groups excluding carboxylic acids is 3. The molecule has 3 aromatic carbocycles. The monoisotopic (exact) mass is 418 g/mol. The third kappa shape index (κ3) is 4.73. The van der Waals surface area contributed by atoms with E-state index in [9.17, 15) is 24.5 Å². The molecule has 0 aromatic heterocycles. The van der Waals surface area contributed by atoms with Gasteiger partial charge in [-0.1, -0.05) is 36.4 Å². The predicted molar refractivity (Wildman–Crippen MR) is 114 cm³/mol. The fourth-order valence-electron chi connectivity index (χ4n) is 2.91. The van der Waals surface area contributed by atoms with E-state index in [-0.39, 0.29) is 28.1 Å². The number of hydrogen-bond donors (Lipinski definition) is 3. The fraction of sp³-hybridized carbons (Fsp3) is 0.0455. The van der Waals surface area contributed by atoms with Crippen LogP contribution in [0, 0.1) is 10.1 Å². The van der Waals surface area contributed by atoms with Gasteiger partial charge < -0.3 is 5.32 Å².